The maximum atomic E-state index is 12.3. The lowest BCUT2D eigenvalue weighted by Crippen LogP contribution is -2.38. The highest BCUT2D eigenvalue weighted by Gasteiger charge is 2.42. The third kappa shape index (κ3) is 2.24. The molecule has 6 nitrogen and oxygen atoms in total. The van der Waals surface area contributed by atoms with Crippen molar-refractivity contribution in [3.05, 3.63) is 23.3 Å². The zero-order chi connectivity index (χ0) is 15.2. The van der Waals surface area contributed by atoms with E-state index in [0.717, 1.165) is 0 Å². The number of carbonyl (C=O) groups excluding carboxylic acids is 1. The molecule has 0 radical (unpaired) electrons. The van der Waals surface area contributed by atoms with Gasteiger partial charge in [-0.25, -0.2) is 0 Å². The van der Waals surface area contributed by atoms with E-state index < -0.39 is 18.1 Å². The first-order valence-electron chi connectivity index (χ1n) is 5.92. The standard InChI is InChI=1S/C12H9F3N2O4/c13-12(14,15)11(18)16-7-3-8(17-19)6-2-10-9(1-5(6)7)20-4-21-10/h1-2,7,19H,3-4H2,(H,16,18)/b17-8+/t7-/m1/s1. The summed E-state index contributed by atoms with van der Waals surface area (Å²) in [7, 11) is 0. The number of ether oxygens (including phenoxy) is 2. The summed E-state index contributed by atoms with van der Waals surface area (Å²) in [6.45, 7) is 0.00338. The number of amides is 1. The van der Waals surface area contributed by atoms with Crippen LogP contribution in [0, 0.1) is 0 Å². The smallest absolute Gasteiger partial charge is 0.454 e. The number of fused-ring (bicyclic) bond motifs is 2. The molecule has 0 spiro atoms. The number of rotatable bonds is 1. The van der Waals surface area contributed by atoms with E-state index in [9.17, 15) is 18.0 Å². The topological polar surface area (TPSA) is 80.2 Å². The number of halogens is 3. The molecule has 9 heteroatoms. The van der Waals surface area contributed by atoms with Gasteiger partial charge in [0.25, 0.3) is 0 Å². The van der Waals surface area contributed by atoms with Gasteiger partial charge in [-0.05, 0) is 17.7 Å². The van der Waals surface area contributed by atoms with Crippen LogP contribution in [0.3, 0.4) is 0 Å². The Morgan fingerprint density at radius 2 is 2.00 bits per heavy atom. The molecule has 0 unspecified atom stereocenters. The van der Waals surface area contributed by atoms with Crippen LogP contribution in [0.4, 0.5) is 13.2 Å². The van der Waals surface area contributed by atoms with Gasteiger partial charge >= 0.3 is 12.1 Å². The lowest BCUT2D eigenvalue weighted by molar-refractivity contribution is -0.174. The minimum atomic E-state index is -4.98. The molecule has 1 amide bonds. The van der Waals surface area contributed by atoms with Crippen molar-refractivity contribution in [1.82, 2.24) is 5.32 Å². The lowest BCUT2D eigenvalue weighted by Gasteiger charge is -2.15. The molecule has 0 saturated carbocycles. The van der Waals surface area contributed by atoms with E-state index in [1.54, 1.807) is 0 Å². The van der Waals surface area contributed by atoms with Gasteiger partial charge in [0.15, 0.2) is 11.5 Å². The van der Waals surface area contributed by atoms with E-state index in [1.165, 1.54) is 12.1 Å². The SMILES string of the molecule is O=C(N[C@@H]1C/C(=N\O)c2cc3c(cc21)OCO3)C(F)(F)F. The summed E-state index contributed by atoms with van der Waals surface area (Å²) >= 11 is 0. The third-order valence-corrected chi connectivity index (χ3v) is 3.31. The van der Waals surface area contributed by atoms with Crippen LogP contribution in [0.15, 0.2) is 17.3 Å². The Bertz CT molecular complexity index is 642. The molecule has 0 bridgehead atoms. The van der Waals surface area contributed by atoms with E-state index >= 15 is 0 Å². The lowest BCUT2D eigenvalue weighted by atomic mass is 10.1. The van der Waals surface area contributed by atoms with Crippen molar-refractivity contribution >= 4 is 11.6 Å². The summed E-state index contributed by atoms with van der Waals surface area (Å²) in [6.07, 6.45) is -5.02. The molecule has 1 atom stereocenters. The maximum absolute atomic E-state index is 12.3. The number of hydrogen-bond acceptors (Lipinski definition) is 5. The fourth-order valence-corrected chi connectivity index (χ4v) is 2.37. The number of benzene rings is 1. The first kappa shape index (κ1) is 13.5. The number of alkyl halides is 3. The van der Waals surface area contributed by atoms with Gasteiger partial charge in [-0.1, -0.05) is 5.16 Å². The Labute approximate surface area is 116 Å². The monoisotopic (exact) mass is 302 g/mol. The molecular weight excluding hydrogens is 293 g/mol. The van der Waals surface area contributed by atoms with Gasteiger partial charge in [0.05, 0.1) is 11.8 Å². The highest BCUT2D eigenvalue weighted by atomic mass is 19.4. The van der Waals surface area contributed by atoms with Gasteiger partial charge in [0.1, 0.15) is 0 Å². The first-order chi connectivity index (χ1) is 9.90. The molecule has 1 aliphatic heterocycles. The number of nitrogens with one attached hydrogen (secondary N) is 1. The van der Waals surface area contributed by atoms with Crippen molar-refractivity contribution < 1.29 is 32.6 Å². The van der Waals surface area contributed by atoms with Crippen LogP contribution in [0.25, 0.3) is 0 Å². The van der Waals surface area contributed by atoms with E-state index in [4.69, 9.17) is 14.7 Å². The Balaban J connectivity index is 1.96. The van der Waals surface area contributed by atoms with Gasteiger partial charge in [0, 0.05) is 12.0 Å². The highest BCUT2D eigenvalue weighted by Crippen LogP contribution is 2.42. The summed E-state index contributed by atoms with van der Waals surface area (Å²) in [5.41, 5.74) is 0.995. The zero-order valence-electron chi connectivity index (χ0n) is 10.4. The summed E-state index contributed by atoms with van der Waals surface area (Å²) in [5.74, 6) is -1.26. The first-order valence-corrected chi connectivity index (χ1v) is 5.92. The summed E-state index contributed by atoms with van der Waals surface area (Å²) in [6, 6.07) is 2.07. The average molecular weight is 302 g/mol. The zero-order valence-corrected chi connectivity index (χ0v) is 10.4. The van der Waals surface area contributed by atoms with Gasteiger partial charge in [-0.2, -0.15) is 13.2 Å². The van der Waals surface area contributed by atoms with Crippen molar-refractivity contribution in [3.8, 4) is 11.5 Å². The number of hydrogen-bond donors (Lipinski definition) is 2. The summed E-state index contributed by atoms with van der Waals surface area (Å²) < 4.78 is 47.3. The van der Waals surface area contributed by atoms with Crippen LogP contribution in [-0.4, -0.2) is 29.8 Å². The largest absolute Gasteiger partial charge is 0.471 e. The van der Waals surface area contributed by atoms with Crippen molar-refractivity contribution in [1.29, 1.82) is 0 Å². The third-order valence-electron chi connectivity index (χ3n) is 3.31. The van der Waals surface area contributed by atoms with Crippen molar-refractivity contribution in [2.75, 3.05) is 6.79 Å². The van der Waals surface area contributed by atoms with Crippen LogP contribution in [0.1, 0.15) is 23.6 Å². The van der Waals surface area contributed by atoms with E-state index in [0.29, 0.717) is 22.6 Å². The molecule has 1 aliphatic carbocycles. The molecule has 1 aromatic rings. The molecule has 0 aromatic heterocycles. The minimum Gasteiger partial charge on any atom is -0.454 e. The molecule has 0 saturated heterocycles. The van der Waals surface area contributed by atoms with E-state index in [1.807, 2.05) is 5.32 Å². The fraction of sp³-hybridized carbons (Fsp3) is 0.333. The number of carbonyl (C=O) groups is 1. The molecule has 1 aromatic carbocycles. The second kappa shape index (κ2) is 4.54. The molecule has 1 heterocycles. The van der Waals surface area contributed by atoms with Gasteiger partial charge < -0.3 is 20.0 Å². The van der Waals surface area contributed by atoms with Crippen molar-refractivity contribution in [2.24, 2.45) is 5.16 Å². The van der Waals surface area contributed by atoms with Crippen LogP contribution in [0.2, 0.25) is 0 Å². The molecular formula is C12H9F3N2O4. The molecule has 2 aliphatic rings. The van der Waals surface area contributed by atoms with Crippen LogP contribution in [0.5, 0.6) is 11.5 Å². The second-order valence-corrected chi connectivity index (χ2v) is 4.57. The molecule has 3 rings (SSSR count). The molecule has 0 fully saturated rings. The van der Waals surface area contributed by atoms with Crippen LogP contribution in [-0.2, 0) is 4.79 Å². The average Bonchev–Trinajstić information content (AvgIpc) is 2.99. The van der Waals surface area contributed by atoms with Gasteiger partial charge in [-0.3, -0.25) is 4.79 Å². The van der Waals surface area contributed by atoms with Crippen molar-refractivity contribution in [2.45, 2.75) is 18.6 Å². The second-order valence-electron chi connectivity index (χ2n) is 4.57. The summed E-state index contributed by atoms with van der Waals surface area (Å²) in [4.78, 5) is 11.1. The van der Waals surface area contributed by atoms with Crippen molar-refractivity contribution in [3.63, 3.8) is 0 Å². The fourth-order valence-electron chi connectivity index (χ4n) is 2.37. The maximum Gasteiger partial charge on any atom is 0.471 e. The van der Waals surface area contributed by atoms with E-state index in [2.05, 4.69) is 5.16 Å². The summed E-state index contributed by atoms with van der Waals surface area (Å²) in [5, 5.41) is 13.9. The molecule has 21 heavy (non-hydrogen) atoms. The van der Waals surface area contributed by atoms with Crippen LogP contribution >= 0.6 is 0 Å². The predicted octanol–water partition coefficient (Wildman–Crippen LogP) is 1.72. The van der Waals surface area contributed by atoms with Gasteiger partial charge in [-0.15, -0.1) is 0 Å². The highest BCUT2D eigenvalue weighted by molar-refractivity contribution is 6.06. The quantitative estimate of drug-likeness (QED) is 0.611. The number of oxime groups is 1. The predicted molar refractivity (Wildman–Crippen MR) is 62.4 cm³/mol. The molecule has 2 N–H and O–H groups in total. The Kier molecular flexibility index (Phi) is 2.92. The Morgan fingerprint density at radius 1 is 1.33 bits per heavy atom. The minimum absolute atomic E-state index is 0.00338. The number of nitrogens with zero attached hydrogens (tertiary/aromatic N) is 1. The normalized spacial score (nSPS) is 21.5. The van der Waals surface area contributed by atoms with Crippen LogP contribution < -0.4 is 14.8 Å². The van der Waals surface area contributed by atoms with Gasteiger partial charge in [0.2, 0.25) is 6.79 Å². The van der Waals surface area contributed by atoms with E-state index in [-0.39, 0.29) is 18.9 Å². The Morgan fingerprint density at radius 3 is 2.62 bits per heavy atom. The Hall–Kier alpha value is -2.45. The molecule has 112 valence electrons.